The highest BCUT2D eigenvalue weighted by atomic mass is 16.5. The summed E-state index contributed by atoms with van der Waals surface area (Å²) in [6, 6.07) is 0.577. The largest absolute Gasteiger partial charge is 0.386 e. The first-order valence-electron chi connectivity index (χ1n) is 6.62. The predicted molar refractivity (Wildman–Crippen MR) is 64.4 cm³/mol. The molecule has 2 rings (SSSR count). The van der Waals surface area contributed by atoms with E-state index < -0.39 is 5.60 Å². The summed E-state index contributed by atoms with van der Waals surface area (Å²) in [6.45, 7) is 6.53. The summed E-state index contributed by atoms with van der Waals surface area (Å²) in [4.78, 5) is 0. The van der Waals surface area contributed by atoms with Gasteiger partial charge >= 0.3 is 0 Å². The maximum absolute atomic E-state index is 10.2. The molecular weight excluding hydrogens is 202 g/mol. The minimum atomic E-state index is -0.611. The van der Waals surface area contributed by atoms with Gasteiger partial charge < -0.3 is 15.2 Å². The van der Waals surface area contributed by atoms with Crippen molar-refractivity contribution in [3.63, 3.8) is 0 Å². The molecule has 3 heteroatoms. The molecule has 2 fully saturated rings. The molecule has 1 saturated carbocycles. The lowest BCUT2D eigenvalue weighted by Gasteiger charge is -2.35. The topological polar surface area (TPSA) is 41.5 Å². The quantitative estimate of drug-likeness (QED) is 0.768. The SMILES string of the molecule is CC1CCC(C)C(NCC2(O)CCOC2)C1. The highest BCUT2D eigenvalue weighted by Gasteiger charge is 2.34. The Morgan fingerprint density at radius 1 is 1.38 bits per heavy atom. The first kappa shape index (κ1) is 12.3. The molecule has 3 nitrogen and oxygen atoms in total. The van der Waals surface area contributed by atoms with Crippen LogP contribution < -0.4 is 5.32 Å². The molecule has 0 aromatic carbocycles. The average Bonchev–Trinajstić information content (AvgIpc) is 2.67. The van der Waals surface area contributed by atoms with E-state index in [0.717, 1.165) is 18.3 Å². The van der Waals surface area contributed by atoms with E-state index in [9.17, 15) is 5.11 Å². The fraction of sp³-hybridized carbons (Fsp3) is 1.00. The van der Waals surface area contributed by atoms with Gasteiger partial charge in [0.2, 0.25) is 0 Å². The van der Waals surface area contributed by atoms with Gasteiger partial charge in [-0.1, -0.05) is 20.3 Å². The molecule has 1 heterocycles. The van der Waals surface area contributed by atoms with E-state index in [1.807, 2.05) is 0 Å². The monoisotopic (exact) mass is 227 g/mol. The van der Waals surface area contributed by atoms with Crippen molar-refractivity contribution in [1.82, 2.24) is 5.32 Å². The second-order valence-corrected chi connectivity index (χ2v) is 5.91. The van der Waals surface area contributed by atoms with Crippen LogP contribution in [0.2, 0.25) is 0 Å². The second kappa shape index (κ2) is 5.03. The van der Waals surface area contributed by atoms with Crippen LogP contribution in [0, 0.1) is 11.8 Å². The van der Waals surface area contributed by atoms with Gasteiger partial charge in [0.1, 0.15) is 5.60 Å². The molecule has 0 aromatic rings. The molecule has 0 amide bonds. The average molecular weight is 227 g/mol. The Kier molecular flexibility index (Phi) is 3.88. The van der Waals surface area contributed by atoms with Crippen LogP contribution in [0.5, 0.6) is 0 Å². The van der Waals surface area contributed by atoms with Gasteiger partial charge in [-0.05, 0) is 24.7 Å². The molecular formula is C13H25NO2. The van der Waals surface area contributed by atoms with Crippen molar-refractivity contribution in [1.29, 1.82) is 0 Å². The fourth-order valence-corrected chi connectivity index (χ4v) is 2.87. The predicted octanol–water partition coefficient (Wildman–Crippen LogP) is 1.55. The Morgan fingerprint density at radius 2 is 2.19 bits per heavy atom. The highest BCUT2D eigenvalue weighted by molar-refractivity contribution is 4.89. The zero-order chi connectivity index (χ0) is 11.6. The Hall–Kier alpha value is -0.120. The molecule has 4 unspecified atom stereocenters. The zero-order valence-corrected chi connectivity index (χ0v) is 10.5. The maximum Gasteiger partial charge on any atom is 0.102 e. The number of nitrogens with one attached hydrogen (secondary N) is 1. The Labute approximate surface area is 98.6 Å². The van der Waals surface area contributed by atoms with Crippen molar-refractivity contribution in [2.24, 2.45) is 11.8 Å². The van der Waals surface area contributed by atoms with E-state index in [0.29, 0.717) is 25.8 Å². The van der Waals surface area contributed by atoms with Crippen molar-refractivity contribution >= 4 is 0 Å². The summed E-state index contributed by atoms with van der Waals surface area (Å²) in [5, 5.41) is 13.7. The third kappa shape index (κ3) is 2.96. The lowest BCUT2D eigenvalue weighted by atomic mass is 9.80. The molecule has 0 aromatic heterocycles. The van der Waals surface area contributed by atoms with Crippen molar-refractivity contribution in [3.05, 3.63) is 0 Å². The van der Waals surface area contributed by atoms with Crippen LogP contribution in [-0.4, -0.2) is 36.5 Å². The van der Waals surface area contributed by atoms with Gasteiger partial charge in [0.05, 0.1) is 6.61 Å². The van der Waals surface area contributed by atoms with E-state index in [1.54, 1.807) is 0 Å². The van der Waals surface area contributed by atoms with Gasteiger partial charge in [-0.25, -0.2) is 0 Å². The molecule has 2 N–H and O–H groups in total. The Balaban J connectivity index is 1.79. The lowest BCUT2D eigenvalue weighted by Crippen LogP contribution is -2.48. The highest BCUT2D eigenvalue weighted by Crippen LogP contribution is 2.29. The normalized spacial score (nSPS) is 44.8. The summed E-state index contributed by atoms with van der Waals surface area (Å²) in [6.07, 6.45) is 4.69. The summed E-state index contributed by atoms with van der Waals surface area (Å²) in [7, 11) is 0. The van der Waals surface area contributed by atoms with Gasteiger partial charge in [-0.15, -0.1) is 0 Å². The number of ether oxygens (including phenoxy) is 1. The summed E-state index contributed by atoms with van der Waals surface area (Å²) in [5.41, 5.74) is -0.611. The molecule has 2 aliphatic rings. The van der Waals surface area contributed by atoms with Crippen LogP contribution in [0.25, 0.3) is 0 Å². The summed E-state index contributed by atoms with van der Waals surface area (Å²) < 4.78 is 5.26. The third-order valence-electron chi connectivity index (χ3n) is 4.23. The molecule has 1 aliphatic heterocycles. The van der Waals surface area contributed by atoms with Gasteiger partial charge in [-0.2, -0.15) is 0 Å². The molecule has 0 radical (unpaired) electrons. The van der Waals surface area contributed by atoms with Crippen molar-refractivity contribution in [2.75, 3.05) is 19.8 Å². The second-order valence-electron chi connectivity index (χ2n) is 5.91. The van der Waals surface area contributed by atoms with Crippen LogP contribution >= 0.6 is 0 Å². The smallest absolute Gasteiger partial charge is 0.102 e. The number of aliphatic hydroxyl groups is 1. The number of hydrogen-bond acceptors (Lipinski definition) is 3. The van der Waals surface area contributed by atoms with Gasteiger partial charge in [0, 0.05) is 25.6 Å². The first-order chi connectivity index (χ1) is 7.59. The van der Waals surface area contributed by atoms with E-state index in [2.05, 4.69) is 19.2 Å². The Morgan fingerprint density at radius 3 is 2.88 bits per heavy atom. The van der Waals surface area contributed by atoms with E-state index >= 15 is 0 Å². The molecule has 1 saturated heterocycles. The van der Waals surface area contributed by atoms with Crippen LogP contribution in [0.4, 0.5) is 0 Å². The van der Waals surface area contributed by atoms with Gasteiger partial charge in [0.15, 0.2) is 0 Å². The standard InChI is InChI=1S/C13H25NO2/c1-10-3-4-11(2)12(7-10)14-8-13(15)5-6-16-9-13/h10-12,14-15H,3-9H2,1-2H3. The van der Waals surface area contributed by atoms with Crippen LogP contribution in [0.3, 0.4) is 0 Å². The van der Waals surface area contributed by atoms with E-state index in [1.165, 1.54) is 19.3 Å². The maximum atomic E-state index is 10.2. The summed E-state index contributed by atoms with van der Waals surface area (Å²) >= 11 is 0. The van der Waals surface area contributed by atoms with Crippen LogP contribution in [-0.2, 0) is 4.74 Å². The molecule has 0 spiro atoms. The van der Waals surface area contributed by atoms with Crippen molar-refractivity contribution < 1.29 is 9.84 Å². The molecule has 1 aliphatic carbocycles. The number of rotatable bonds is 3. The Bertz CT molecular complexity index is 226. The molecule has 0 bridgehead atoms. The molecule has 94 valence electrons. The summed E-state index contributed by atoms with van der Waals surface area (Å²) in [5.74, 6) is 1.56. The van der Waals surface area contributed by atoms with Crippen molar-refractivity contribution in [2.45, 2.75) is 51.2 Å². The number of hydrogen-bond donors (Lipinski definition) is 2. The van der Waals surface area contributed by atoms with E-state index in [4.69, 9.17) is 4.74 Å². The molecule has 4 atom stereocenters. The first-order valence-corrected chi connectivity index (χ1v) is 6.62. The van der Waals surface area contributed by atoms with E-state index in [-0.39, 0.29) is 0 Å². The molecule has 16 heavy (non-hydrogen) atoms. The minimum Gasteiger partial charge on any atom is -0.386 e. The third-order valence-corrected chi connectivity index (χ3v) is 4.23. The minimum absolute atomic E-state index is 0.497. The fourth-order valence-electron chi connectivity index (χ4n) is 2.87. The van der Waals surface area contributed by atoms with Gasteiger partial charge in [0.25, 0.3) is 0 Å². The van der Waals surface area contributed by atoms with Gasteiger partial charge in [-0.3, -0.25) is 0 Å². The van der Waals surface area contributed by atoms with Crippen molar-refractivity contribution in [3.8, 4) is 0 Å². The van der Waals surface area contributed by atoms with Crippen LogP contribution in [0.15, 0.2) is 0 Å². The lowest BCUT2D eigenvalue weighted by molar-refractivity contribution is 0.0209. The van der Waals surface area contributed by atoms with Crippen LogP contribution in [0.1, 0.15) is 39.5 Å². The zero-order valence-electron chi connectivity index (χ0n) is 10.5.